The number of carbonyl (C=O) groups is 1. The van der Waals surface area contributed by atoms with Crippen LogP contribution in [0.1, 0.15) is 17.4 Å². The number of nitrogens with zero attached hydrogens (tertiary/aromatic N) is 3. The van der Waals surface area contributed by atoms with Crippen LogP contribution in [0.25, 0.3) is 11.3 Å². The van der Waals surface area contributed by atoms with Crippen LogP contribution in [-0.2, 0) is 11.3 Å². The van der Waals surface area contributed by atoms with Gasteiger partial charge < -0.3 is 4.74 Å². The molecule has 0 aliphatic carbocycles. The number of ether oxygens (including phenoxy) is 1. The molecular formula is C12H13N3O2. The van der Waals surface area contributed by atoms with Crippen molar-refractivity contribution in [2.24, 2.45) is 0 Å². The monoisotopic (exact) mass is 231 g/mol. The fourth-order valence-corrected chi connectivity index (χ4v) is 1.59. The van der Waals surface area contributed by atoms with Gasteiger partial charge in [0.25, 0.3) is 0 Å². The van der Waals surface area contributed by atoms with E-state index in [1.165, 1.54) is 7.11 Å². The molecule has 0 spiro atoms. The van der Waals surface area contributed by atoms with E-state index in [0.717, 1.165) is 11.3 Å². The van der Waals surface area contributed by atoms with Gasteiger partial charge in [0.15, 0.2) is 0 Å². The molecule has 2 rings (SSSR count). The summed E-state index contributed by atoms with van der Waals surface area (Å²) in [6.07, 6.45) is 3.39. The van der Waals surface area contributed by atoms with Crippen molar-refractivity contribution in [1.82, 2.24) is 14.8 Å². The van der Waals surface area contributed by atoms with Crippen LogP contribution in [0.3, 0.4) is 0 Å². The minimum absolute atomic E-state index is 0.375. The number of aromatic nitrogens is 3. The van der Waals surface area contributed by atoms with E-state index in [9.17, 15) is 4.79 Å². The van der Waals surface area contributed by atoms with Gasteiger partial charge >= 0.3 is 5.97 Å². The van der Waals surface area contributed by atoms with Gasteiger partial charge in [0.05, 0.1) is 12.8 Å². The lowest BCUT2D eigenvalue weighted by Crippen LogP contribution is -2.10. The number of methoxy groups -OCH3 is 1. The van der Waals surface area contributed by atoms with Gasteiger partial charge in [0.1, 0.15) is 5.69 Å². The Balaban J connectivity index is 2.45. The third-order valence-corrected chi connectivity index (χ3v) is 2.45. The molecular weight excluding hydrogens is 218 g/mol. The zero-order chi connectivity index (χ0) is 12.3. The number of hydrogen-bond donors (Lipinski definition) is 0. The van der Waals surface area contributed by atoms with Crippen molar-refractivity contribution in [2.45, 2.75) is 13.5 Å². The normalized spacial score (nSPS) is 10.2. The molecule has 0 aliphatic rings. The number of aryl methyl sites for hydroxylation is 1. The Labute approximate surface area is 99.1 Å². The van der Waals surface area contributed by atoms with Gasteiger partial charge in [-0.1, -0.05) is 0 Å². The summed E-state index contributed by atoms with van der Waals surface area (Å²) in [7, 11) is 1.36. The summed E-state index contributed by atoms with van der Waals surface area (Å²) in [5, 5.41) is 4.36. The molecule has 5 heteroatoms. The van der Waals surface area contributed by atoms with E-state index in [2.05, 4.69) is 10.1 Å². The van der Waals surface area contributed by atoms with Crippen molar-refractivity contribution in [3.63, 3.8) is 0 Å². The zero-order valence-electron chi connectivity index (χ0n) is 9.75. The van der Waals surface area contributed by atoms with E-state index >= 15 is 0 Å². The van der Waals surface area contributed by atoms with E-state index in [0.29, 0.717) is 12.2 Å². The van der Waals surface area contributed by atoms with Gasteiger partial charge in [-0.05, 0) is 25.1 Å². The molecule has 2 aromatic heterocycles. The van der Waals surface area contributed by atoms with Gasteiger partial charge in [-0.2, -0.15) is 5.10 Å². The van der Waals surface area contributed by atoms with Crippen LogP contribution < -0.4 is 0 Å². The minimum Gasteiger partial charge on any atom is -0.464 e. The largest absolute Gasteiger partial charge is 0.464 e. The molecule has 0 saturated carbocycles. The molecule has 88 valence electrons. The van der Waals surface area contributed by atoms with Crippen LogP contribution in [0.4, 0.5) is 0 Å². The molecule has 0 unspecified atom stereocenters. The first-order valence-electron chi connectivity index (χ1n) is 5.32. The van der Waals surface area contributed by atoms with Crippen molar-refractivity contribution in [2.75, 3.05) is 7.11 Å². The maximum atomic E-state index is 11.5. The molecule has 0 aliphatic heterocycles. The second-order valence-corrected chi connectivity index (χ2v) is 3.46. The highest BCUT2D eigenvalue weighted by Gasteiger charge is 2.15. The van der Waals surface area contributed by atoms with Crippen LogP contribution >= 0.6 is 0 Å². The first-order chi connectivity index (χ1) is 8.26. The lowest BCUT2D eigenvalue weighted by molar-refractivity contribution is 0.0587. The molecule has 0 atom stereocenters. The SMILES string of the molecule is CCn1nc(-c2ccncc2)cc1C(=O)OC. The third kappa shape index (κ3) is 2.18. The summed E-state index contributed by atoms with van der Waals surface area (Å²) in [5.74, 6) is -0.375. The molecule has 0 N–H and O–H groups in total. The second kappa shape index (κ2) is 4.78. The summed E-state index contributed by atoms with van der Waals surface area (Å²) in [6.45, 7) is 2.55. The van der Waals surface area contributed by atoms with Crippen molar-refractivity contribution >= 4 is 5.97 Å². The molecule has 2 heterocycles. The van der Waals surface area contributed by atoms with Crippen molar-refractivity contribution in [3.05, 3.63) is 36.3 Å². The first kappa shape index (κ1) is 11.3. The standard InChI is InChI=1S/C12H13N3O2/c1-3-15-11(12(16)17-2)8-10(14-15)9-4-6-13-7-5-9/h4-8H,3H2,1-2H3. The third-order valence-electron chi connectivity index (χ3n) is 2.45. The van der Waals surface area contributed by atoms with Gasteiger partial charge in [0.2, 0.25) is 0 Å². The van der Waals surface area contributed by atoms with E-state index in [1.54, 1.807) is 23.1 Å². The molecule has 17 heavy (non-hydrogen) atoms. The molecule has 5 nitrogen and oxygen atoms in total. The van der Waals surface area contributed by atoms with Gasteiger partial charge in [0, 0.05) is 24.5 Å². The summed E-state index contributed by atoms with van der Waals surface area (Å²) in [5.41, 5.74) is 2.13. The highest BCUT2D eigenvalue weighted by Crippen LogP contribution is 2.18. The minimum atomic E-state index is -0.375. The molecule has 0 fully saturated rings. The number of carbonyl (C=O) groups excluding carboxylic acids is 1. The van der Waals surface area contributed by atoms with Crippen LogP contribution in [0, 0.1) is 0 Å². The number of rotatable bonds is 3. The highest BCUT2D eigenvalue weighted by atomic mass is 16.5. The molecule has 0 aromatic carbocycles. The predicted octanol–water partition coefficient (Wildman–Crippen LogP) is 1.75. The quantitative estimate of drug-likeness (QED) is 0.755. The fourth-order valence-electron chi connectivity index (χ4n) is 1.59. The second-order valence-electron chi connectivity index (χ2n) is 3.46. The van der Waals surface area contributed by atoms with Crippen LogP contribution in [0.2, 0.25) is 0 Å². The Morgan fingerprint density at radius 2 is 2.12 bits per heavy atom. The Kier molecular flexibility index (Phi) is 3.18. The van der Waals surface area contributed by atoms with Crippen molar-refractivity contribution in [3.8, 4) is 11.3 Å². The predicted molar refractivity (Wildman–Crippen MR) is 62.5 cm³/mol. The van der Waals surface area contributed by atoms with E-state index in [1.807, 2.05) is 19.1 Å². The average molecular weight is 231 g/mol. The molecule has 0 amide bonds. The van der Waals surface area contributed by atoms with Gasteiger partial charge in [-0.3, -0.25) is 9.67 Å². The van der Waals surface area contributed by atoms with Crippen LogP contribution in [0.5, 0.6) is 0 Å². The van der Waals surface area contributed by atoms with Crippen molar-refractivity contribution < 1.29 is 9.53 Å². The maximum absolute atomic E-state index is 11.5. The lowest BCUT2D eigenvalue weighted by Gasteiger charge is -2.00. The Morgan fingerprint density at radius 3 is 2.71 bits per heavy atom. The summed E-state index contributed by atoms with van der Waals surface area (Å²) in [4.78, 5) is 15.5. The number of hydrogen-bond acceptors (Lipinski definition) is 4. The topological polar surface area (TPSA) is 57.0 Å². The molecule has 0 bridgehead atoms. The van der Waals surface area contributed by atoms with Crippen LogP contribution in [0.15, 0.2) is 30.6 Å². The Morgan fingerprint density at radius 1 is 1.41 bits per heavy atom. The Hall–Kier alpha value is -2.17. The lowest BCUT2D eigenvalue weighted by atomic mass is 10.2. The summed E-state index contributed by atoms with van der Waals surface area (Å²) in [6, 6.07) is 5.43. The van der Waals surface area contributed by atoms with E-state index in [-0.39, 0.29) is 5.97 Å². The average Bonchev–Trinajstić information content (AvgIpc) is 2.83. The smallest absolute Gasteiger partial charge is 0.356 e. The van der Waals surface area contributed by atoms with Gasteiger partial charge in [-0.15, -0.1) is 0 Å². The highest BCUT2D eigenvalue weighted by molar-refractivity contribution is 5.88. The number of pyridine rings is 1. The van der Waals surface area contributed by atoms with Crippen LogP contribution in [-0.4, -0.2) is 27.8 Å². The van der Waals surface area contributed by atoms with E-state index in [4.69, 9.17) is 4.74 Å². The zero-order valence-corrected chi connectivity index (χ0v) is 9.75. The molecule has 2 aromatic rings. The molecule has 0 saturated heterocycles. The first-order valence-corrected chi connectivity index (χ1v) is 5.32. The Bertz CT molecular complexity index is 520. The van der Waals surface area contributed by atoms with E-state index < -0.39 is 0 Å². The van der Waals surface area contributed by atoms with Crippen molar-refractivity contribution in [1.29, 1.82) is 0 Å². The maximum Gasteiger partial charge on any atom is 0.356 e. The summed E-state index contributed by atoms with van der Waals surface area (Å²) < 4.78 is 6.34. The molecule has 0 radical (unpaired) electrons. The summed E-state index contributed by atoms with van der Waals surface area (Å²) >= 11 is 0. The number of esters is 1. The fraction of sp³-hybridized carbons (Fsp3) is 0.250. The van der Waals surface area contributed by atoms with Gasteiger partial charge in [-0.25, -0.2) is 4.79 Å².